The molecule has 0 aliphatic carbocycles. The highest BCUT2D eigenvalue weighted by Crippen LogP contribution is 2.18. The molecule has 0 saturated carbocycles. The number of benzene rings is 1. The summed E-state index contributed by atoms with van der Waals surface area (Å²) in [5.74, 6) is -0.0421. The van der Waals surface area contributed by atoms with Crippen LogP contribution < -0.4 is 5.32 Å². The third kappa shape index (κ3) is 14.6. The summed E-state index contributed by atoms with van der Waals surface area (Å²) in [5.41, 5.74) is 2.81. The first-order valence-electron chi connectivity index (χ1n) is 13.9. The van der Waals surface area contributed by atoms with E-state index < -0.39 is 0 Å². The van der Waals surface area contributed by atoms with Gasteiger partial charge >= 0.3 is 0 Å². The van der Waals surface area contributed by atoms with Gasteiger partial charge in [0.05, 0.1) is 84.9 Å². The smallest absolute Gasteiger partial charge is 0.251 e. The molecule has 0 saturated heterocycles. The molecule has 1 heterocycles. The summed E-state index contributed by atoms with van der Waals surface area (Å²) in [4.78, 5) is 23.4. The predicted molar refractivity (Wildman–Crippen MR) is 150 cm³/mol. The van der Waals surface area contributed by atoms with Gasteiger partial charge in [0.15, 0.2) is 5.78 Å². The molecule has 0 fully saturated rings. The van der Waals surface area contributed by atoms with Crippen molar-refractivity contribution in [1.82, 2.24) is 15.1 Å². The van der Waals surface area contributed by atoms with Crippen molar-refractivity contribution >= 4 is 11.7 Å². The zero-order valence-corrected chi connectivity index (χ0v) is 24.1. The van der Waals surface area contributed by atoms with Crippen molar-refractivity contribution in [3.8, 4) is 0 Å². The Hall–Kier alpha value is -2.67. The number of amides is 1. The lowest BCUT2D eigenvalue weighted by molar-refractivity contribution is -0.123. The zero-order valence-electron chi connectivity index (χ0n) is 24.1. The molecule has 2 aromatic rings. The number of hydrogen-bond acceptors (Lipinski definition) is 9. The Labute approximate surface area is 237 Å². The lowest BCUT2D eigenvalue weighted by Gasteiger charge is -2.13. The number of carbonyl (C=O) groups excluding carboxylic acids is 2. The average molecular weight is 564 g/mol. The molecule has 224 valence electrons. The number of ketones is 1. The van der Waals surface area contributed by atoms with E-state index in [1.165, 1.54) is 0 Å². The maximum atomic E-state index is 12.4. The van der Waals surface area contributed by atoms with Gasteiger partial charge in [0.2, 0.25) is 0 Å². The molecule has 1 atom stereocenters. The molecule has 0 bridgehead atoms. The quantitative estimate of drug-likeness (QED) is 0.192. The van der Waals surface area contributed by atoms with E-state index in [1.54, 1.807) is 0 Å². The van der Waals surface area contributed by atoms with Crippen molar-refractivity contribution in [1.29, 1.82) is 0 Å². The Kier molecular flexibility index (Phi) is 17.7. The van der Waals surface area contributed by atoms with Gasteiger partial charge in [-0.15, -0.1) is 0 Å². The third-order valence-electron chi connectivity index (χ3n) is 5.83. The van der Waals surface area contributed by atoms with E-state index in [0.717, 1.165) is 11.1 Å². The monoisotopic (exact) mass is 563 g/mol. The summed E-state index contributed by atoms with van der Waals surface area (Å²) in [7, 11) is 0. The average Bonchev–Trinajstić information content (AvgIpc) is 3.41. The molecule has 11 nitrogen and oxygen atoms in total. The van der Waals surface area contributed by atoms with Crippen LogP contribution in [0.25, 0.3) is 0 Å². The van der Waals surface area contributed by atoms with Crippen LogP contribution in [0.4, 0.5) is 0 Å². The lowest BCUT2D eigenvalue weighted by Crippen LogP contribution is -2.27. The van der Waals surface area contributed by atoms with Gasteiger partial charge in [-0.05, 0) is 37.1 Å². The van der Waals surface area contributed by atoms with Gasteiger partial charge in [-0.25, -0.2) is 0 Å². The van der Waals surface area contributed by atoms with E-state index in [4.69, 9.17) is 28.4 Å². The second-order valence-electron chi connectivity index (χ2n) is 9.06. The molecule has 1 aromatic carbocycles. The Bertz CT molecular complexity index is 951. The van der Waals surface area contributed by atoms with Crippen molar-refractivity contribution in [3.63, 3.8) is 0 Å². The van der Waals surface area contributed by atoms with Crippen molar-refractivity contribution in [2.45, 2.75) is 33.2 Å². The number of aryl methyl sites for hydroxylation is 1. The van der Waals surface area contributed by atoms with Crippen LogP contribution in [0.3, 0.4) is 0 Å². The second kappa shape index (κ2) is 21.1. The van der Waals surface area contributed by atoms with Crippen molar-refractivity contribution < 1.29 is 38.0 Å². The number of rotatable bonds is 24. The largest absolute Gasteiger partial charge is 0.377 e. The molecule has 1 aromatic heterocycles. The number of carbonyl (C=O) groups is 2. The van der Waals surface area contributed by atoms with Crippen molar-refractivity contribution in [2.75, 3.05) is 85.8 Å². The van der Waals surface area contributed by atoms with E-state index in [0.29, 0.717) is 91.2 Å². The number of ether oxygens (including phenoxy) is 6. The zero-order chi connectivity index (χ0) is 28.8. The highest BCUT2D eigenvalue weighted by Gasteiger charge is 2.10. The molecule has 2 rings (SSSR count). The van der Waals surface area contributed by atoms with Gasteiger partial charge in [-0.3, -0.25) is 14.3 Å². The molecule has 0 radical (unpaired) electrons. The van der Waals surface area contributed by atoms with Crippen LogP contribution in [0.5, 0.6) is 0 Å². The van der Waals surface area contributed by atoms with Crippen LogP contribution in [-0.2, 0) is 33.2 Å². The number of hydrogen-bond donors (Lipinski definition) is 1. The molecule has 0 aliphatic heterocycles. The number of nitrogens with one attached hydrogen (secondary N) is 1. The molecule has 1 unspecified atom stereocenters. The Balaban J connectivity index is 1.34. The van der Waals surface area contributed by atoms with Crippen molar-refractivity contribution in [2.24, 2.45) is 0 Å². The molecule has 0 aliphatic rings. The number of nitrogens with zero attached hydrogens (tertiary/aromatic N) is 2. The minimum absolute atomic E-state index is 0.0886. The summed E-state index contributed by atoms with van der Waals surface area (Å²) in [6.07, 6.45) is 4.33. The summed E-state index contributed by atoms with van der Waals surface area (Å²) in [6, 6.07) is 7.66. The highest BCUT2D eigenvalue weighted by atomic mass is 16.6. The van der Waals surface area contributed by atoms with E-state index in [9.17, 15) is 9.59 Å². The van der Waals surface area contributed by atoms with Crippen LogP contribution in [-0.4, -0.2) is 107 Å². The van der Waals surface area contributed by atoms with E-state index >= 15 is 0 Å². The fourth-order valence-corrected chi connectivity index (χ4v) is 3.44. The maximum absolute atomic E-state index is 12.4. The fraction of sp³-hybridized carbons (Fsp3) is 0.621. The van der Waals surface area contributed by atoms with Gasteiger partial charge < -0.3 is 33.7 Å². The fourth-order valence-electron chi connectivity index (χ4n) is 3.44. The highest BCUT2D eigenvalue weighted by molar-refractivity contribution is 5.94. The van der Waals surface area contributed by atoms with E-state index in [-0.39, 0.29) is 24.3 Å². The topological polar surface area (TPSA) is 119 Å². The second-order valence-corrected chi connectivity index (χ2v) is 9.06. The lowest BCUT2D eigenvalue weighted by atomic mass is 10.1. The Morgan fingerprint density at radius 2 is 1.30 bits per heavy atom. The van der Waals surface area contributed by atoms with Crippen LogP contribution in [0, 0.1) is 6.92 Å². The van der Waals surface area contributed by atoms with E-state index in [2.05, 4.69) is 17.3 Å². The third-order valence-corrected chi connectivity index (χ3v) is 5.83. The van der Waals surface area contributed by atoms with Crippen molar-refractivity contribution in [3.05, 3.63) is 53.3 Å². The predicted octanol–water partition coefficient (Wildman–Crippen LogP) is 2.61. The first-order chi connectivity index (χ1) is 19.5. The van der Waals surface area contributed by atoms with Gasteiger partial charge in [-0.2, -0.15) is 5.10 Å². The van der Waals surface area contributed by atoms with Crippen LogP contribution >= 0.6 is 0 Å². The molecule has 11 heteroatoms. The normalized spacial score (nSPS) is 12.0. The Morgan fingerprint density at radius 1 is 0.800 bits per heavy atom. The first kappa shape index (κ1) is 33.5. The SMILES string of the molecule is CCC(=O)COCCOCCOCCOCCOCCOCCNC(=O)c1ccc(C(C)n2cc(C)cn2)cc1. The van der Waals surface area contributed by atoms with Crippen LogP contribution in [0.15, 0.2) is 36.7 Å². The standard InChI is InChI=1S/C29H45N3O8/c1-4-28(33)23-40-20-19-39-18-17-38-16-15-37-14-13-36-12-11-35-10-9-30-29(34)27-7-5-26(6-8-27)25(3)32-22-24(2)21-31-32/h5-8,21-22,25H,4,9-20,23H2,1-3H3,(H,30,34). The number of Topliss-reactive ketones (excluding diaryl/α,β-unsaturated/α-hetero) is 1. The minimum atomic E-state index is -0.131. The number of aromatic nitrogens is 2. The summed E-state index contributed by atoms with van der Waals surface area (Å²) < 4.78 is 34.3. The summed E-state index contributed by atoms with van der Waals surface area (Å²) in [5, 5.41) is 7.22. The van der Waals surface area contributed by atoms with E-state index in [1.807, 2.05) is 55.2 Å². The maximum Gasteiger partial charge on any atom is 0.251 e. The first-order valence-corrected chi connectivity index (χ1v) is 13.9. The van der Waals surface area contributed by atoms with Gasteiger partial charge in [-0.1, -0.05) is 19.1 Å². The summed E-state index contributed by atoms with van der Waals surface area (Å²) in [6.45, 7) is 11.5. The van der Waals surface area contributed by atoms with Gasteiger partial charge in [0.25, 0.3) is 5.91 Å². The van der Waals surface area contributed by atoms with Crippen LogP contribution in [0.2, 0.25) is 0 Å². The Morgan fingerprint density at radius 3 is 1.77 bits per heavy atom. The van der Waals surface area contributed by atoms with Gasteiger partial charge in [0, 0.05) is 24.7 Å². The molecule has 1 N–H and O–H groups in total. The minimum Gasteiger partial charge on any atom is -0.377 e. The molecular weight excluding hydrogens is 518 g/mol. The molecule has 40 heavy (non-hydrogen) atoms. The van der Waals surface area contributed by atoms with Gasteiger partial charge in [0.1, 0.15) is 6.61 Å². The molecule has 1 amide bonds. The molecular formula is C29H45N3O8. The molecule has 0 spiro atoms. The summed E-state index contributed by atoms with van der Waals surface area (Å²) >= 11 is 0. The van der Waals surface area contributed by atoms with Crippen LogP contribution in [0.1, 0.15) is 47.8 Å².